The molecule has 2 aliphatic rings. The Morgan fingerprint density at radius 1 is 1.24 bits per heavy atom. The first-order valence-electron chi connectivity index (χ1n) is 8.55. The van der Waals surface area contributed by atoms with Crippen molar-refractivity contribution in [2.45, 2.75) is 51.6 Å². The van der Waals surface area contributed by atoms with Gasteiger partial charge in [0.25, 0.3) is 0 Å². The molecule has 0 aromatic carbocycles. The number of hydrogen-bond acceptors (Lipinski definition) is 4. The summed E-state index contributed by atoms with van der Waals surface area (Å²) in [6, 6.07) is 0.401. The topological polar surface area (TPSA) is 44.8 Å². The molecule has 2 saturated heterocycles. The van der Waals surface area contributed by atoms with E-state index in [0.717, 1.165) is 26.1 Å². The van der Waals surface area contributed by atoms with Crippen LogP contribution >= 0.6 is 0 Å². The fourth-order valence-corrected chi connectivity index (χ4v) is 3.34. The highest BCUT2D eigenvalue weighted by Crippen LogP contribution is 2.12. The maximum absolute atomic E-state index is 12.4. The van der Waals surface area contributed by atoms with Crippen LogP contribution in [0.2, 0.25) is 0 Å². The first kappa shape index (κ1) is 16.7. The van der Waals surface area contributed by atoms with Gasteiger partial charge in [0.15, 0.2) is 0 Å². The number of carbonyl (C=O) groups is 1. The smallest absolute Gasteiger partial charge is 0.239 e. The van der Waals surface area contributed by atoms with Crippen LogP contribution in [0.3, 0.4) is 0 Å². The lowest BCUT2D eigenvalue weighted by Crippen LogP contribution is -2.51. The van der Waals surface area contributed by atoms with Crippen molar-refractivity contribution in [1.29, 1.82) is 0 Å². The number of ether oxygens (including phenoxy) is 1. The zero-order chi connectivity index (χ0) is 15.1. The molecular weight excluding hydrogens is 266 g/mol. The lowest BCUT2D eigenvalue weighted by Gasteiger charge is -2.31. The Kier molecular flexibility index (Phi) is 6.93. The fraction of sp³-hybridized carbons (Fsp3) is 0.938. The van der Waals surface area contributed by atoms with Gasteiger partial charge >= 0.3 is 0 Å². The molecule has 2 atom stereocenters. The Morgan fingerprint density at radius 2 is 2.00 bits per heavy atom. The van der Waals surface area contributed by atoms with Gasteiger partial charge in [-0.05, 0) is 52.2 Å². The molecule has 1 amide bonds. The summed E-state index contributed by atoms with van der Waals surface area (Å²) in [6.07, 6.45) is 4.79. The zero-order valence-electron chi connectivity index (χ0n) is 13.6. The van der Waals surface area contributed by atoms with Gasteiger partial charge in [0, 0.05) is 19.1 Å². The summed E-state index contributed by atoms with van der Waals surface area (Å²) in [5.41, 5.74) is 0. The van der Waals surface area contributed by atoms with Gasteiger partial charge in [-0.25, -0.2) is 0 Å². The molecule has 0 aromatic heterocycles. The van der Waals surface area contributed by atoms with Crippen molar-refractivity contribution in [1.82, 2.24) is 15.1 Å². The molecular formula is C16H31N3O2. The van der Waals surface area contributed by atoms with E-state index >= 15 is 0 Å². The van der Waals surface area contributed by atoms with E-state index in [2.05, 4.69) is 17.1 Å². The van der Waals surface area contributed by atoms with E-state index < -0.39 is 0 Å². The van der Waals surface area contributed by atoms with Crippen LogP contribution < -0.4 is 5.32 Å². The molecule has 2 aliphatic heterocycles. The Labute approximate surface area is 129 Å². The van der Waals surface area contributed by atoms with Crippen molar-refractivity contribution < 1.29 is 9.53 Å². The molecule has 0 aromatic rings. The summed E-state index contributed by atoms with van der Waals surface area (Å²) >= 11 is 0. The number of hydrogen-bond donors (Lipinski definition) is 1. The third kappa shape index (κ3) is 5.24. The van der Waals surface area contributed by atoms with Gasteiger partial charge in [0.1, 0.15) is 0 Å². The maximum Gasteiger partial charge on any atom is 0.239 e. The summed E-state index contributed by atoms with van der Waals surface area (Å²) in [4.78, 5) is 16.9. The van der Waals surface area contributed by atoms with Gasteiger partial charge in [0.05, 0.1) is 19.3 Å². The number of nitrogens with zero attached hydrogens (tertiary/aromatic N) is 2. The second-order valence-electron chi connectivity index (χ2n) is 6.30. The lowest BCUT2D eigenvalue weighted by atomic mass is 10.1. The Morgan fingerprint density at radius 3 is 2.71 bits per heavy atom. The molecule has 2 fully saturated rings. The van der Waals surface area contributed by atoms with Crippen LogP contribution in [0.25, 0.3) is 0 Å². The van der Waals surface area contributed by atoms with Crippen molar-refractivity contribution >= 4 is 5.91 Å². The van der Waals surface area contributed by atoms with Crippen LogP contribution in [0, 0.1) is 0 Å². The summed E-state index contributed by atoms with van der Waals surface area (Å²) in [7, 11) is 0. The van der Waals surface area contributed by atoms with E-state index in [0.29, 0.717) is 19.3 Å². The van der Waals surface area contributed by atoms with Gasteiger partial charge in [-0.2, -0.15) is 0 Å². The van der Waals surface area contributed by atoms with Crippen molar-refractivity contribution in [2.75, 3.05) is 45.9 Å². The predicted molar refractivity (Wildman–Crippen MR) is 84.4 cm³/mol. The second kappa shape index (κ2) is 8.71. The number of morpholine rings is 1. The van der Waals surface area contributed by atoms with E-state index in [9.17, 15) is 4.79 Å². The molecule has 5 heteroatoms. The van der Waals surface area contributed by atoms with E-state index in [1.807, 2.05) is 11.8 Å². The van der Waals surface area contributed by atoms with Crippen molar-refractivity contribution in [3.63, 3.8) is 0 Å². The second-order valence-corrected chi connectivity index (χ2v) is 6.30. The van der Waals surface area contributed by atoms with Crippen LogP contribution in [0.4, 0.5) is 0 Å². The summed E-state index contributed by atoms with van der Waals surface area (Å²) in [6.45, 7) is 10.6. The predicted octanol–water partition coefficient (Wildman–Crippen LogP) is 1.09. The average molecular weight is 297 g/mol. The number of nitrogens with one attached hydrogen (secondary N) is 1. The number of amides is 1. The quantitative estimate of drug-likeness (QED) is 0.825. The Hall–Kier alpha value is -0.650. The third-order valence-corrected chi connectivity index (χ3v) is 4.54. The van der Waals surface area contributed by atoms with E-state index in [1.165, 1.54) is 32.4 Å². The Bertz CT molecular complexity index is 319. The number of carbonyl (C=O) groups excluding carboxylic acids is 1. The van der Waals surface area contributed by atoms with E-state index in [4.69, 9.17) is 4.74 Å². The number of rotatable bonds is 5. The molecule has 122 valence electrons. The van der Waals surface area contributed by atoms with Crippen LogP contribution in [0.1, 0.15) is 39.5 Å². The van der Waals surface area contributed by atoms with Gasteiger partial charge in [-0.15, -0.1) is 0 Å². The molecule has 0 spiro atoms. The third-order valence-electron chi connectivity index (χ3n) is 4.54. The SMILES string of the molecule is CCCN1CCCC(NC(C)C(=O)N2CCOCC2)CC1. The highest BCUT2D eigenvalue weighted by Gasteiger charge is 2.25. The van der Waals surface area contributed by atoms with E-state index in [1.54, 1.807) is 0 Å². The lowest BCUT2D eigenvalue weighted by molar-refractivity contribution is -0.137. The minimum absolute atomic E-state index is 0.0779. The van der Waals surface area contributed by atoms with Crippen molar-refractivity contribution in [2.24, 2.45) is 0 Å². The average Bonchev–Trinajstić information content (AvgIpc) is 2.73. The standard InChI is InChI=1S/C16H31N3O2/c1-3-7-18-8-4-5-15(6-9-18)17-14(2)16(20)19-10-12-21-13-11-19/h14-15,17H,3-13H2,1-2H3. The molecule has 2 rings (SSSR count). The van der Waals surface area contributed by atoms with Crippen LogP contribution in [0.15, 0.2) is 0 Å². The summed E-state index contributed by atoms with van der Waals surface area (Å²) in [5.74, 6) is 0.230. The largest absolute Gasteiger partial charge is 0.378 e. The van der Waals surface area contributed by atoms with Gasteiger partial charge < -0.3 is 19.9 Å². The van der Waals surface area contributed by atoms with Gasteiger partial charge in [-0.1, -0.05) is 6.92 Å². The first-order chi connectivity index (χ1) is 10.2. The molecule has 1 N–H and O–H groups in total. The van der Waals surface area contributed by atoms with Crippen molar-refractivity contribution in [3.05, 3.63) is 0 Å². The van der Waals surface area contributed by atoms with Crippen LogP contribution in [-0.2, 0) is 9.53 Å². The summed E-state index contributed by atoms with van der Waals surface area (Å²) < 4.78 is 5.31. The minimum Gasteiger partial charge on any atom is -0.378 e. The molecule has 0 radical (unpaired) electrons. The molecule has 5 nitrogen and oxygen atoms in total. The van der Waals surface area contributed by atoms with Gasteiger partial charge in [0.2, 0.25) is 5.91 Å². The van der Waals surface area contributed by atoms with Crippen molar-refractivity contribution in [3.8, 4) is 0 Å². The molecule has 0 saturated carbocycles. The molecule has 21 heavy (non-hydrogen) atoms. The normalized spacial score (nSPS) is 26.4. The minimum atomic E-state index is -0.0779. The fourth-order valence-electron chi connectivity index (χ4n) is 3.34. The highest BCUT2D eigenvalue weighted by molar-refractivity contribution is 5.81. The molecule has 2 heterocycles. The maximum atomic E-state index is 12.4. The molecule has 2 unspecified atom stereocenters. The highest BCUT2D eigenvalue weighted by atomic mass is 16.5. The monoisotopic (exact) mass is 297 g/mol. The summed E-state index contributed by atoms with van der Waals surface area (Å²) in [5, 5.41) is 3.56. The van der Waals surface area contributed by atoms with Crippen LogP contribution in [0.5, 0.6) is 0 Å². The zero-order valence-corrected chi connectivity index (χ0v) is 13.6. The first-order valence-corrected chi connectivity index (χ1v) is 8.55. The van der Waals surface area contributed by atoms with Crippen LogP contribution in [-0.4, -0.2) is 73.7 Å². The molecule has 0 bridgehead atoms. The Balaban J connectivity index is 1.76. The van der Waals surface area contributed by atoms with E-state index in [-0.39, 0.29) is 11.9 Å². The molecule has 0 aliphatic carbocycles. The number of likely N-dealkylation sites (tertiary alicyclic amines) is 1. The van der Waals surface area contributed by atoms with Gasteiger partial charge in [-0.3, -0.25) is 4.79 Å².